The monoisotopic (exact) mass is 463 g/mol. The van der Waals surface area contributed by atoms with Crippen LogP contribution in [0.1, 0.15) is 17.3 Å². The number of rotatable bonds is 6. The molecule has 0 saturated carbocycles. The zero-order valence-electron chi connectivity index (χ0n) is 15.2. The van der Waals surface area contributed by atoms with E-state index in [0.717, 1.165) is 4.47 Å². The number of benzene rings is 2. The third kappa shape index (κ3) is 4.16. The minimum absolute atomic E-state index is 0.109. The van der Waals surface area contributed by atoms with Crippen molar-refractivity contribution in [2.45, 2.75) is 11.8 Å². The smallest absolute Gasteiger partial charge is 0.341 e. The third-order valence-electron chi connectivity index (χ3n) is 4.01. The molecule has 9 heteroatoms. The van der Waals surface area contributed by atoms with Crippen LogP contribution in [-0.4, -0.2) is 33.0 Å². The maximum absolute atomic E-state index is 12.4. The summed E-state index contributed by atoms with van der Waals surface area (Å²) in [5, 5.41) is 3.86. The normalized spacial score (nSPS) is 11.4. The maximum atomic E-state index is 12.4. The molecule has 3 rings (SSSR count). The van der Waals surface area contributed by atoms with Gasteiger partial charge < -0.3 is 10.1 Å². The van der Waals surface area contributed by atoms with Gasteiger partial charge in [0.2, 0.25) is 10.0 Å². The van der Waals surface area contributed by atoms with Crippen LogP contribution in [0.4, 0.5) is 11.4 Å². The molecular formula is C19H18BrN3O4S. The lowest BCUT2D eigenvalue weighted by atomic mass is 10.1. The fraction of sp³-hybridized carbons (Fsp3) is 0.158. The SMILES string of the molecule is CCOC(=O)c1cnc2ccc(Br)cc2c1Nc1cccc(S(=O)(=O)NC)c1. The highest BCUT2D eigenvalue weighted by Crippen LogP contribution is 2.32. The van der Waals surface area contributed by atoms with E-state index in [4.69, 9.17) is 4.74 Å². The molecule has 0 atom stereocenters. The highest BCUT2D eigenvalue weighted by atomic mass is 79.9. The summed E-state index contributed by atoms with van der Waals surface area (Å²) >= 11 is 3.43. The molecule has 28 heavy (non-hydrogen) atoms. The Morgan fingerprint density at radius 3 is 2.71 bits per heavy atom. The second-order valence-electron chi connectivity index (χ2n) is 5.79. The topological polar surface area (TPSA) is 97.4 Å². The van der Waals surface area contributed by atoms with Gasteiger partial charge in [-0.05, 0) is 50.4 Å². The van der Waals surface area contributed by atoms with Gasteiger partial charge in [-0.15, -0.1) is 0 Å². The Morgan fingerprint density at radius 1 is 1.21 bits per heavy atom. The molecule has 1 aromatic heterocycles. The van der Waals surface area contributed by atoms with Crippen molar-refractivity contribution in [3.63, 3.8) is 0 Å². The fourth-order valence-corrected chi connectivity index (χ4v) is 3.80. The molecule has 0 fully saturated rings. The molecule has 0 spiro atoms. The van der Waals surface area contributed by atoms with E-state index >= 15 is 0 Å². The third-order valence-corrected chi connectivity index (χ3v) is 5.91. The number of fused-ring (bicyclic) bond motifs is 1. The average molecular weight is 464 g/mol. The predicted molar refractivity (Wildman–Crippen MR) is 111 cm³/mol. The second kappa shape index (κ2) is 8.26. The van der Waals surface area contributed by atoms with E-state index in [-0.39, 0.29) is 17.1 Å². The van der Waals surface area contributed by atoms with Gasteiger partial charge in [-0.2, -0.15) is 0 Å². The lowest BCUT2D eigenvalue weighted by molar-refractivity contribution is 0.0527. The summed E-state index contributed by atoms with van der Waals surface area (Å²) in [4.78, 5) is 16.9. The number of ether oxygens (including phenoxy) is 1. The maximum Gasteiger partial charge on any atom is 0.341 e. The van der Waals surface area contributed by atoms with Crippen molar-refractivity contribution in [1.29, 1.82) is 0 Å². The molecule has 0 unspecified atom stereocenters. The van der Waals surface area contributed by atoms with E-state index in [2.05, 4.69) is 31.0 Å². The first-order valence-electron chi connectivity index (χ1n) is 8.41. The Labute approximate surface area is 171 Å². The number of carbonyl (C=O) groups is 1. The van der Waals surface area contributed by atoms with Gasteiger partial charge in [-0.1, -0.05) is 22.0 Å². The van der Waals surface area contributed by atoms with Gasteiger partial charge in [0.1, 0.15) is 5.56 Å². The van der Waals surface area contributed by atoms with E-state index in [1.165, 1.54) is 25.4 Å². The fourth-order valence-electron chi connectivity index (χ4n) is 2.67. The molecule has 0 aliphatic rings. The van der Waals surface area contributed by atoms with E-state index in [1.807, 2.05) is 18.2 Å². The zero-order chi connectivity index (χ0) is 20.3. The quantitative estimate of drug-likeness (QED) is 0.539. The molecular weight excluding hydrogens is 446 g/mol. The first-order chi connectivity index (χ1) is 13.4. The van der Waals surface area contributed by atoms with Crippen molar-refractivity contribution < 1.29 is 17.9 Å². The van der Waals surface area contributed by atoms with E-state index in [1.54, 1.807) is 19.1 Å². The number of esters is 1. The number of nitrogens with zero attached hydrogens (tertiary/aromatic N) is 1. The molecule has 1 heterocycles. The Morgan fingerprint density at radius 2 is 2.00 bits per heavy atom. The number of aromatic nitrogens is 1. The summed E-state index contributed by atoms with van der Waals surface area (Å²) in [7, 11) is -2.25. The number of nitrogens with one attached hydrogen (secondary N) is 2. The van der Waals surface area contributed by atoms with Gasteiger partial charge >= 0.3 is 5.97 Å². The molecule has 3 aromatic rings. The van der Waals surface area contributed by atoms with Crippen LogP contribution < -0.4 is 10.0 Å². The van der Waals surface area contributed by atoms with Crippen LogP contribution in [-0.2, 0) is 14.8 Å². The lowest BCUT2D eigenvalue weighted by Gasteiger charge is -2.15. The molecule has 0 amide bonds. The standard InChI is InChI=1S/C19H18BrN3O4S/c1-3-27-19(24)16-11-22-17-8-7-12(20)9-15(17)18(16)23-13-5-4-6-14(10-13)28(25,26)21-2/h4-11,21H,3H2,1-2H3,(H,22,23). The minimum Gasteiger partial charge on any atom is -0.462 e. The van der Waals surface area contributed by atoms with Crippen molar-refractivity contribution in [3.05, 3.63) is 58.7 Å². The van der Waals surface area contributed by atoms with Gasteiger partial charge in [0, 0.05) is 21.7 Å². The van der Waals surface area contributed by atoms with Crippen LogP contribution in [0.5, 0.6) is 0 Å². The molecule has 2 aromatic carbocycles. The van der Waals surface area contributed by atoms with Crippen molar-refractivity contribution in [1.82, 2.24) is 9.71 Å². The van der Waals surface area contributed by atoms with Gasteiger partial charge in [0.25, 0.3) is 0 Å². The zero-order valence-corrected chi connectivity index (χ0v) is 17.6. The van der Waals surface area contributed by atoms with Crippen LogP contribution >= 0.6 is 15.9 Å². The summed E-state index contributed by atoms with van der Waals surface area (Å²) in [6, 6.07) is 11.8. The van der Waals surface area contributed by atoms with Gasteiger partial charge in [-0.25, -0.2) is 17.9 Å². The van der Waals surface area contributed by atoms with Crippen LogP contribution in [0.3, 0.4) is 0 Å². The lowest BCUT2D eigenvalue weighted by Crippen LogP contribution is -2.18. The largest absolute Gasteiger partial charge is 0.462 e. The predicted octanol–water partition coefficient (Wildman–Crippen LogP) is 3.83. The Balaban J connectivity index is 2.16. The Hall–Kier alpha value is -2.49. The summed E-state index contributed by atoms with van der Waals surface area (Å²) in [5.41, 5.74) is 1.94. The van der Waals surface area contributed by atoms with Crippen molar-refractivity contribution >= 4 is 54.2 Å². The molecule has 7 nitrogen and oxygen atoms in total. The highest BCUT2D eigenvalue weighted by molar-refractivity contribution is 9.10. The van der Waals surface area contributed by atoms with Crippen molar-refractivity contribution in [2.24, 2.45) is 0 Å². The first-order valence-corrected chi connectivity index (χ1v) is 10.7. The van der Waals surface area contributed by atoms with Gasteiger partial charge in [0.15, 0.2) is 0 Å². The van der Waals surface area contributed by atoms with Crippen LogP contribution in [0, 0.1) is 0 Å². The number of hydrogen-bond donors (Lipinski definition) is 2. The number of sulfonamides is 1. The summed E-state index contributed by atoms with van der Waals surface area (Å²) in [6.45, 7) is 1.95. The highest BCUT2D eigenvalue weighted by Gasteiger charge is 2.18. The molecule has 0 aliphatic heterocycles. The molecule has 0 saturated heterocycles. The van der Waals surface area contributed by atoms with Crippen molar-refractivity contribution in [2.75, 3.05) is 19.0 Å². The molecule has 146 valence electrons. The molecule has 2 N–H and O–H groups in total. The van der Waals surface area contributed by atoms with E-state index in [9.17, 15) is 13.2 Å². The number of halogens is 1. The summed E-state index contributed by atoms with van der Waals surface area (Å²) < 4.78 is 32.4. The number of carbonyl (C=O) groups excluding carboxylic acids is 1. The summed E-state index contributed by atoms with van der Waals surface area (Å²) in [6.07, 6.45) is 1.45. The van der Waals surface area contributed by atoms with Crippen LogP contribution in [0.15, 0.2) is 58.0 Å². The Bertz CT molecular complexity index is 1150. The Kier molecular flexibility index (Phi) is 5.97. The van der Waals surface area contributed by atoms with E-state index < -0.39 is 16.0 Å². The number of hydrogen-bond acceptors (Lipinski definition) is 6. The van der Waals surface area contributed by atoms with Crippen molar-refractivity contribution in [3.8, 4) is 0 Å². The van der Waals surface area contributed by atoms with Crippen LogP contribution in [0.25, 0.3) is 10.9 Å². The average Bonchev–Trinajstić information content (AvgIpc) is 2.68. The molecule has 0 radical (unpaired) electrons. The molecule has 0 aliphatic carbocycles. The van der Waals surface area contributed by atoms with Gasteiger partial charge in [0.05, 0.1) is 22.7 Å². The summed E-state index contributed by atoms with van der Waals surface area (Å²) in [5.74, 6) is -0.515. The number of anilines is 2. The van der Waals surface area contributed by atoms with Crippen LogP contribution in [0.2, 0.25) is 0 Å². The second-order valence-corrected chi connectivity index (χ2v) is 8.59. The minimum atomic E-state index is -3.60. The van der Waals surface area contributed by atoms with E-state index in [0.29, 0.717) is 22.3 Å². The number of pyridine rings is 1. The van der Waals surface area contributed by atoms with Gasteiger partial charge in [-0.3, -0.25) is 4.98 Å². The molecule has 0 bridgehead atoms. The first kappa shape index (κ1) is 20.2.